The van der Waals surface area contributed by atoms with Gasteiger partial charge in [-0.15, -0.1) is 11.3 Å². The van der Waals surface area contributed by atoms with Crippen molar-refractivity contribution in [2.45, 2.75) is 0 Å². The average Bonchev–Trinajstić information content (AvgIpc) is 2.67. The van der Waals surface area contributed by atoms with Gasteiger partial charge in [-0.3, -0.25) is 0 Å². The fraction of sp³-hybridized carbons (Fsp3) is 0. The average molecular weight is 246 g/mol. The highest BCUT2D eigenvalue weighted by Gasteiger charge is 2.14. The fourth-order valence-electron chi connectivity index (χ4n) is 1.78. The van der Waals surface area contributed by atoms with Gasteiger partial charge in [0.25, 0.3) is 0 Å². The van der Waals surface area contributed by atoms with E-state index in [0.717, 1.165) is 10.1 Å². The van der Waals surface area contributed by atoms with E-state index < -0.39 is 11.6 Å². The normalized spacial score (nSPS) is 11.1. The molecule has 4 nitrogen and oxygen atoms in total. The zero-order valence-electron chi connectivity index (χ0n) is 8.47. The first kappa shape index (κ1) is 10.0. The van der Waals surface area contributed by atoms with E-state index in [2.05, 4.69) is 0 Å². The molecular formula is C12H6O4S. The van der Waals surface area contributed by atoms with Crippen molar-refractivity contribution in [3.05, 3.63) is 46.5 Å². The van der Waals surface area contributed by atoms with Crippen molar-refractivity contribution in [3.8, 4) is 0 Å². The van der Waals surface area contributed by atoms with Crippen molar-refractivity contribution in [1.82, 2.24) is 0 Å². The predicted molar refractivity (Wildman–Crippen MR) is 64.8 cm³/mol. The topological polar surface area (TPSA) is 67.5 Å². The minimum atomic E-state index is -1.23. The third kappa shape index (κ3) is 1.43. The van der Waals surface area contributed by atoms with Gasteiger partial charge in [-0.05, 0) is 6.07 Å². The first-order valence-electron chi connectivity index (χ1n) is 4.85. The van der Waals surface area contributed by atoms with E-state index in [4.69, 9.17) is 9.52 Å². The molecule has 2 aromatic heterocycles. The van der Waals surface area contributed by atoms with Crippen LogP contribution in [0.1, 0.15) is 10.6 Å². The maximum Gasteiger partial charge on any atom is 0.372 e. The van der Waals surface area contributed by atoms with Gasteiger partial charge in [-0.25, -0.2) is 9.59 Å². The minimum Gasteiger partial charge on any atom is -0.475 e. The maximum atomic E-state index is 11.8. The monoisotopic (exact) mass is 246 g/mol. The molecule has 3 rings (SSSR count). The number of hydrogen-bond acceptors (Lipinski definition) is 4. The number of fused-ring (bicyclic) bond motifs is 3. The van der Waals surface area contributed by atoms with Crippen molar-refractivity contribution >= 4 is 37.5 Å². The van der Waals surface area contributed by atoms with E-state index in [1.807, 2.05) is 24.3 Å². The van der Waals surface area contributed by atoms with Crippen molar-refractivity contribution in [3.63, 3.8) is 0 Å². The summed E-state index contributed by atoms with van der Waals surface area (Å²) in [7, 11) is 0. The predicted octanol–water partition coefficient (Wildman–Crippen LogP) is 2.71. The van der Waals surface area contributed by atoms with Crippen LogP contribution in [-0.4, -0.2) is 11.1 Å². The third-order valence-electron chi connectivity index (χ3n) is 2.50. The van der Waals surface area contributed by atoms with E-state index in [1.54, 1.807) is 0 Å². The molecule has 5 heteroatoms. The number of carboxylic acids is 1. The number of thiophene rings is 1. The number of carbonyl (C=O) groups is 1. The SMILES string of the molecule is O=C(O)c1cc2sc3ccccc3c2c(=O)o1. The minimum absolute atomic E-state index is 0.325. The molecule has 1 N–H and O–H groups in total. The first-order chi connectivity index (χ1) is 8.16. The first-order valence-corrected chi connectivity index (χ1v) is 5.67. The van der Waals surface area contributed by atoms with E-state index >= 15 is 0 Å². The number of aromatic carboxylic acids is 1. The number of hydrogen-bond donors (Lipinski definition) is 1. The Morgan fingerprint density at radius 3 is 2.76 bits per heavy atom. The van der Waals surface area contributed by atoms with Crippen molar-refractivity contribution in [1.29, 1.82) is 0 Å². The van der Waals surface area contributed by atoms with Crippen LogP contribution in [0.2, 0.25) is 0 Å². The van der Waals surface area contributed by atoms with Crippen LogP contribution in [0, 0.1) is 0 Å². The van der Waals surface area contributed by atoms with Gasteiger partial charge in [0.05, 0.1) is 5.39 Å². The molecule has 0 aliphatic rings. The summed E-state index contributed by atoms with van der Waals surface area (Å²) in [4.78, 5) is 22.5. The molecule has 1 aromatic carbocycles. The van der Waals surface area contributed by atoms with Crippen molar-refractivity contribution < 1.29 is 14.3 Å². The Hall–Kier alpha value is -2.14. The largest absolute Gasteiger partial charge is 0.475 e. The molecule has 0 atom stereocenters. The molecule has 3 aromatic rings. The Kier molecular flexibility index (Phi) is 2.02. The summed E-state index contributed by atoms with van der Waals surface area (Å²) >= 11 is 1.38. The molecule has 0 bridgehead atoms. The van der Waals surface area contributed by atoms with Gasteiger partial charge in [-0.1, -0.05) is 18.2 Å². The van der Waals surface area contributed by atoms with Gasteiger partial charge in [-0.2, -0.15) is 0 Å². The van der Waals surface area contributed by atoms with Gasteiger partial charge in [0, 0.05) is 20.9 Å². The van der Waals surface area contributed by atoms with E-state index in [1.165, 1.54) is 17.4 Å². The highest BCUT2D eigenvalue weighted by Crippen LogP contribution is 2.31. The molecule has 0 fully saturated rings. The number of benzene rings is 1. The lowest BCUT2D eigenvalue weighted by Gasteiger charge is -1.93. The van der Waals surface area contributed by atoms with Crippen LogP contribution in [0.3, 0.4) is 0 Å². The second kappa shape index (κ2) is 3.43. The highest BCUT2D eigenvalue weighted by atomic mass is 32.1. The van der Waals surface area contributed by atoms with Crippen LogP contribution in [0.25, 0.3) is 20.2 Å². The fourth-order valence-corrected chi connectivity index (χ4v) is 2.91. The molecule has 2 heterocycles. The molecule has 0 unspecified atom stereocenters. The molecule has 0 radical (unpaired) electrons. The molecule has 0 aliphatic heterocycles. The van der Waals surface area contributed by atoms with Gasteiger partial charge in [0.15, 0.2) is 0 Å². The zero-order chi connectivity index (χ0) is 12.0. The molecule has 0 saturated carbocycles. The molecule has 0 amide bonds. The standard InChI is InChI=1S/C12H6O4S/c13-11(14)7-5-9-10(12(15)16-7)6-3-1-2-4-8(6)17-9/h1-5H,(H,13,14). The molecule has 0 aliphatic carbocycles. The summed E-state index contributed by atoms with van der Waals surface area (Å²) in [6.07, 6.45) is 0. The maximum absolute atomic E-state index is 11.8. The molecule has 84 valence electrons. The van der Waals surface area contributed by atoms with E-state index in [0.29, 0.717) is 10.1 Å². The van der Waals surface area contributed by atoms with Crippen molar-refractivity contribution in [2.24, 2.45) is 0 Å². The summed E-state index contributed by atoms with van der Waals surface area (Å²) in [6.45, 7) is 0. The van der Waals surface area contributed by atoms with Crippen LogP contribution in [0.5, 0.6) is 0 Å². The lowest BCUT2D eigenvalue weighted by atomic mass is 10.2. The lowest BCUT2D eigenvalue weighted by molar-refractivity contribution is 0.0658. The summed E-state index contributed by atoms with van der Waals surface area (Å²) < 4.78 is 6.35. The lowest BCUT2D eigenvalue weighted by Crippen LogP contribution is -2.05. The van der Waals surface area contributed by atoms with Gasteiger partial charge >= 0.3 is 11.6 Å². The Morgan fingerprint density at radius 2 is 2.00 bits per heavy atom. The Bertz CT molecular complexity index is 797. The van der Waals surface area contributed by atoms with Gasteiger partial charge in [0.2, 0.25) is 5.76 Å². The summed E-state index contributed by atoms with van der Waals surface area (Å²) in [6, 6.07) is 8.81. The van der Waals surface area contributed by atoms with Crippen molar-refractivity contribution in [2.75, 3.05) is 0 Å². The Morgan fingerprint density at radius 1 is 1.24 bits per heavy atom. The number of rotatable bonds is 1. The second-order valence-electron chi connectivity index (χ2n) is 3.54. The van der Waals surface area contributed by atoms with Crippen LogP contribution in [0.15, 0.2) is 39.5 Å². The quantitative estimate of drug-likeness (QED) is 0.716. The smallest absolute Gasteiger partial charge is 0.372 e. The Labute approximate surface area is 98.7 Å². The molecule has 0 saturated heterocycles. The second-order valence-corrected chi connectivity index (χ2v) is 4.62. The van der Waals surface area contributed by atoms with Gasteiger partial charge < -0.3 is 9.52 Å². The van der Waals surface area contributed by atoms with Crippen LogP contribution in [-0.2, 0) is 0 Å². The van der Waals surface area contributed by atoms with Gasteiger partial charge in [0.1, 0.15) is 0 Å². The summed E-state index contributed by atoms with van der Waals surface area (Å²) in [5.74, 6) is -1.56. The summed E-state index contributed by atoms with van der Waals surface area (Å²) in [5.41, 5.74) is -0.600. The summed E-state index contributed by atoms with van der Waals surface area (Å²) in [5, 5.41) is 10.1. The highest BCUT2D eigenvalue weighted by molar-refractivity contribution is 7.25. The van der Waals surface area contributed by atoms with E-state index in [-0.39, 0.29) is 5.76 Å². The molecule has 0 spiro atoms. The molecule has 17 heavy (non-hydrogen) atoms. The molecular weight excluding hydrogens is 240 g/mol. The zero-order valence-corrected chi connectivity index (χ0v) is 9.28. The van der Waals surface area contributed by atoms with Crippen LogP contribution >= 0.6 is 11.3 Å². The van der Waals surface area contributed by atoms with Crippen LogP contribution < -0.4 is 5.63 Å². The van der Waals surface area contributed by atoms with Crippen LogP contribution in [0.4, 0.5) is 0 Å². The number of carboxylic acid groups (broad SMARTS) is 1. The van der Waals surface area contributed by atoms with E-state index in [9.17, 15) is 9.59 Å². The third-order valence-corrected chi connectivity index (χ3v) is 3.62. The Balaban J connectivity index is 2.53.